The van der Waals surface area contributed by atoms with Crippen LogP contribution >= 0.6 is 0 Å². The van der Waals surface area contributed by atoms with Crippen LogP contribution in [0.25, 0.3) is 11.3 Å². The van der Waals surface area contributed by atoms with Crippen LogP contribution in [0.5, 0.6) is 0 Å². The number of anilines is 2. The first kappa shape index (κ1) is 20.1. The van der Waals surface area contributed by atoms with Crippen LogP contribution in [0, 0.1) is 13.8 Å². The van der Waals surface area contributed by atoms with Crippen LogP contribution in [-0.4, -0.2) is 49.0 Å². The molecule has 5 nitrogen and oxygen atoms in total. The lowest BCUT2D eigenvalue weighted by Crippen LogP contribution is -2.44. The zero-order valence-corrected chi connectivity index (χ0v) is 17.9. The third kappa shape index (κ3) is 4.36. The van der Waals surface area contributed by atoms with E-state index in [1.54, 1.807) is 0 Å². The molecule has 2 heterocycles. The van der Waals surface area contributed by atoms with E-state index in [1.165, 1.54) is 11.3 Å². The first-order valence-corrected chi connectivity index (χ1v) is 10.4. The van der Waals surface area contributed by atoms with E-state index in [-0.39, 0.29) is 5.91 Å². The molecular weight excluding hydrogens is 372 g/mol. The Morgan fingerprint density at radius 3 is 2.33 bits per heavy atom. The molecule has 4 rings (SSSR count). The van der Waals surface area contributed by atoms with Crippen molar-refractivity contribution in [2.45, 2.75) is 13.8 Å². The number of carbonyl (C=O) groups is 1. The Balaban J connectivity index is 1.48. The Kier molecular flexibility index (Phi) is 5.81. The molecule has 2 aromatic carbocycles. The fourth-order valence-corrected chi connectivity index (χ4v) is 3.90. The molecule has 0 unspecified atom stereocenters. The summed E-state index contributed by atoms with van der Waals surface area (Å²) in [6.45, 7) is 8.18. The Labute approximate surface area is 178 Å². The third-order valence-corrected chi connectivity index (χ3v) is 5.70. The molecule has 5 heteroatoms. The minimum Gasteiger partial charge on any atom is -0.369 e. The molecule has 0 atom stereocenters. The fraction of sp³-hybridized carbons (Fsp3) is 0.280. The number of carbonyl (C=O) groups excluding carboxylic acids is 1. The van der Waals surface area contributed by atoms with Crippen LogP contribution < -0.4 is 10.2 Å². The van der Waals surface area contributed by atoms with Crippen molar-refractivity contribution in [2.75, 3.05) is 43.4 Å². The van der Waals surface area contributed by atoms with Gasteiger partial charge < -0.3 is 15.1 Å². The van der Waals surface area contributed by atoms with Crippen molar-refractivity contribution < 1.29 is 4.79 Å². The standard InChI is InChI=1S/C25H28N4O/c1-18-17-21(9-12-24(18)29-15-13-28(3)14-16-29)27-25(30)22-10-11-23(26-19(22)2)20-7-5-4-6-8-20/h4-12,17H,13-16H2,1-3H3,(H,27,30). The molecule has 1 N–H and O–H groups in total. The summed E-state index contributed by atoms with van der Waals surface area (Å²) in [4.78, 5) is 22.2. The maximum atomic E-state index is 12.8. The van der Waals surface area contributed by atoms with Crippen LogP contribution in [0.3, 0.4) is 0 Å². The lowest BCUT2D eigenvalue weighted by molar-refractivity contribution is 0.102. The topological polar surface area (TPSA) is 48.5 Å². The van der Waals surface area contributed by atoms with E-state index in [1.807, 2.05) is 61.5 Å². The van der Waals surface area contributed by atoms with E-state index in [0.717, 1.165) is 48.8 Å². The van der Waals surface area contributed by atoms with Crippen molar-refractivity contribution in [1.82, 2.24) is 9.88 Å². The normalized spacial score (nSPS) is 14.6. The van der Waals surface area contributed by atoms with Gasteiger partial charge in [-0.3, -0.25) is 9.78 Å². The number of nitrogens with one attached hydrogen (secondary N) is 1. The van der Waals surface area contributed by atoms with Crippen LogP contribution in [0.15, 0.2) is 60.7 Å². The lowest BCUT2D eigenvalue weighted by atomic mass is 10.1. The van der Waals surface area contributed by atoms with Gasteiger partial charge in [-0.05, 0) is 56.8 Å². The molecular formula is C25H28N4O. The molecule has 3 aromatic rings. The van der Waals surface area contributed by atoms with Gasteiger partial charge in [-0.25, -0.2) is 0 Å². The van der Waals surface area contributed by atoms with E-state index in [9.17, 15) is 4.79 Å². The highest BCUT2D eigenvalue weighted by molar-refractivity contribution is 6.05. The highest BCUT2D eigenvalue weighted by Crippen LogP contribution is 2.25. The maximum Gasteiger partial charge on any atom is 0.257 e. The molecule has 0 radical (unpaired) electrons. The van der Waals surface area contributed by atoms with Gasteiger partial charge in [-0.1, -0.05) is 30.3 Å². The molecule has 1 amide bonds. The predicted molar refractivity (Wildman–Crippen MR) is 123 cm³/mol. The van der Waals surface area contributed by atoms with Gasteiger partial charge in [0.15, 0.2) is 0 Å². The molecule has 1 aliphatic rings. The number of aryl methyl sites for hydroxylation is 2. The summed E-state index contributed by atoms with van der Waals surface area (Å²) < 4.78 is 0. The second-order valence-corrected chi connectivity index (χ2v) is 7.94. The molecule has 1 saturated heterocycles. The van der Waals surface area contributed by atoms with Crippen LogP contribution in [-0.2, 0) is 0 Å². The highest BCUT2D eigenvalue weighted by atomic mass is 16.1. The Hall–Kier alpha value is -3.18. The first-order valence-electron chi connectivity index (χ1n) is 10.4. The molecule has 1 fully saturated rings. The van der Waals surface area contributed by atoms with Gasteiger partial charge in [-0.2, -0.15) is 0 Å². The van der Waals surface area contributed by atoms with Gasteiger partial charge >= 0.3 is 0 Å². The van der Waals surface area contributed by atoms with Gasteiger partial charge in [0.05, 0.1) is 17.0 Å². The van der Waals surface area contributed by atoms with Gasteiger partial charge in [-0.15, -0.1) is 0 Å². The smallest absolute Gasteiger partial charge is 0.257 e. The summed E-state index contributed by atoms with van der Waals surface area (Å²) in [7, 11) is 2.16. The number of nitrogens with zero attached hydrogens (tertiary/aromatic N) is 3. The average molecular weight is 401 g/mol. The van der Waals surface area contributed by atoms with Crippen LogP contribution in [0.1, 0.15) is 21.6 Å². The summed E-state index contributed by atoms with van der Waals surface area (Å²) in [6.07, 6.45) is 0. The molecule has 0 spiro atoms. The van der Waals surface area contributed by atoms with E-state index in [4.69, 9.17) is 0 Å². The zero-order chi connectivity index (χ0) is 21.1. The van der Waals surface area contributed by atoms with E-state index >= 15 is 0 Å². The number of amides is 1. The molecule has 154 valence electrons. The monoisotopic (exact) mass is 400 g/mol. The first-order chi connectivity index (χ1) is 14.5. The van der Waals surface area contributed by atoms with Gasteiger partial charge in [0.1, 0.15) is 0 Å². The van der Waals surface area contributed by atoms with Crippen molar-refractivity contribution in [3.05, 3.63) is 77.5 Å². The highest BCUT2D eigenvalue weighted by Gasteiger charge is 2.17. The number of piperazine rings is 1. The van der Waals surface area contributed by atoms with Crippen LogP contribution in [0.2, 0.25) is 0 Å². The number of likely N-dealkylation sites (N-methyl/N-ethyl adjacent to an activating group) is 1. The number of pyridine rings is 1. The minimum absolute atomic E-state index is 0.133. The zero-order valence-electron chi connectivity index (χ0n) is 17.9. The fourth-order valence-electron chi connectivity index (χ4n) is 3.90. The van der Waals surface area contributed by atoms with Crippen LogP contribution in [0.4, 0.5) is 11.4 Å². The second kappa shape index (κ2) is 8.67. The SMILES string of the molecule is Cc1cc(NC(=O)c2ccc(-c3ccccc3)nc2C)ccc1N1CCN(C)CC1. The number of hydrogen-bond acceptors (Lipinski definition) is 4. The van der Waals surface area contributed by atoms with E-state index < -0.39 is 0 Å². The number of rotatable bonds is 4. The third-order valence-electron chi connectivity index (χ3n) is 5.70. The quantitative estimate of drug-likeness (QED) is 0.707. The molecule has 30 heavy (non-hydrogen) atoms. The van der Waals surface area contributed by atoms with Crippen molar-refractivity contribution in [1.29, 1.82) is 0 Å². The van der Waals surface area contributed by atoms with Crippen molar-refractivity contribution in [2.24, 2.45) is 0 Å². The second-order valence-electron chi connectivity index (χ2n) is 7.94. The summed E-state index contributed by atoms with van der Waals surface area (Å²) in [5, 5.41) is 3.03. The summed E-state index contributed by atoms with van der Waals surface area (Å²) >= 11 is 0. The Morgan fingerprint density at radius 2 is 1.67 bits per heavy atom. The van der Waals surface area contributed by atoms with Gasteiger partial charge in [0.25, 0.3) is 5.91 Å². The number of aromatic nitrogens is 1. The summed E-state index contributed by atoms with van der Waals surface area (Å²) in [5.74, 6) is -0.133. The largest absolute Gasteiger partial charge is 0.369 e. The predicted octanol–water partition coefficient (Wildman–Crippen LogP) is 4.37. The van der Waals surface area contributed by atoms with Crippen molar-refractivity contribution >= 4 is 17.3 Å². The lowest BCUT2D eigenvalue weighted by Gasteiger charge is -2.35. The number of benzene rings is 2. The Bertz CT molecular complexity index is 1040. The molecule has 0 saturated carbocycles. The van der Waals surface area contributed by atoms with E-state index in [2.05, 4.69) is 40.1 Å². The Morgan fingerprint density at radius 1 is 0.933 bits per heavy atom. The van der Waals surface area contributed by atoms with Crippen molar-refractivity contribution in [3.8, 4) is 11.3 Å². The summed E-state index contributed by atoms with van der Waals surface area (Å²) in [5.41, 5.74) is 6.45. The number of hydrogen-bond donors (Lipinski definition) is 1. The van der Waals surface area contributed by atoms with Gasteiger partial charge in [0, 0.05) is 43.1 Å². The van der Waals surface area contributed by atoms with Gasteiger partial charge in [0.2, 0.25) is 0 Å². The van der Waals surface area contributed by atoms with Crippen molar-refractivity contribution in [3.63, 3.8) is 0 Å². The summed E-state index contributed by atoms with van der Waals surface area (Å²) in [6, 6.07) is 19.9. The molecule has 1 aliphatic heterocycles. The minimum atomic E-state index is -0.133. The molecule has 0 bridgehead atoms. The molecule has 0 aliphatic carbocycles. The van der Waals surface area contributed by atoms with E-state index in [0.29, 0.717) is 5.56 Å². The average Bonchev–Trinajstić information content (AvgIpc) is 2.75. The molecule has 1 aromatic heterocycles. The maximum absolute atomic E-state index is 12.8.